The van der Waals surface area contributed by atoms with Crippen molar-refractivity contribution in [3.63, 3.8) is 0 Å². The number of nitrogens with zero attached hydrogens (tertiary/aromatic N) is 2. The van der Waals surface area contributed by atoms with Crippen molar-refractivity contribution in [3.8, 4) is 5.75 Å². The number of amides is 1. The minimum absolute atomic E-state index is 0.0000132. The van der Waals surface area contributed by atoms with Crippen LogP contribution >= 0.6 is 0 Å². The molecule has 3 aromatic rings. The van der Waals surface area contributed by atoms with Gasteiger partial charge in [-0.15, -0.1) is 0 Å². The van der Waals surface area contributed by atoms with Crippen LogP contribution in [-0.2, 0) is 16.1 Å². The number of non-ortho nitro benzene ring substituents is 1. The van der Waals surface area contributed by atoms with Gasteiger partial charge in [0.1, 0.15) is 17.3 Å². The summed E-state index contributed by atoms with van der Waals surface area (Å²) < 4.78 is 10.5. The topological polar surface area (TPSA) is 123 Å². The van der Waals surface area contributed by atoms with Crippen LogP contribution in [0.5, 0.6) is 5.75 Å². The van der Waals surface area contributed by atoms with E-state index in [-0.39, 0.29) is 23.4 Å². The molecule has 0 radical (unpaired) electrons. The first kappa shape index (κ1) is 20.9. The fraction of sp³-hybridized carbons (Fsp3) is 0.130. The Labute approximate surface area is 182 Å². The molecule has 32 heavy (non-hydrogen) atoms. The molecule has 0 unspecified atom stereocenters. The van der Waals surface area contributed by atoms with Crippen molar-refractivity contribution in [2.75, 3.05) is 7.11 Å². The molecule has 4 rings (SSSR count). The average molecular weight is 434 g/mol. The third-order valence-corrected chi connectivity index (χ3v) is 5.21. The molecule has 0 bridgehead atoms. The molecule has 1 aliphatic rings. The normalized spacial score (nSPS) is 17.5. The lowest BCUT2D eigenvalue weighted by Gasteiger charge is -2.24. The summed E-state index contributed by atoms with van der Waals surface area (Å²) in [4.78, 5) is 37.7. The molecule has 1 atom stereocenters. The van der Waals surface area contributed by atoms with Crippen LogP contribution in [0.2, 0.25) is 0 Å². The van der Waals surface area contributed by atoms with Gasteiger partial charge in [0.15, 0.2) is 0 Å². The van der Waals surface area contributed by atoms with Crippen molar-refractivity contribution in [1.82, 2.24) is 4.90 Å². The second kappa shape index (κ2) is 8.38. The van der Waals surface area contributed by atoms with Gasteiger partial charge in [0.05, 0.1) is 36.5 Å². The highest BCUT2D eigenvalue weighted by Crippen LogP contribution is 2.41. The second-order valence-electron chi connectivity index (χ2n) is 7.09. The standard InChI is InChI=1S/C23H18N2O7/c1-31-17-9-7-14(8-10-17)20-19(21(26)15-4-2-5-16(12-15)25(29)30)22(27)23(28)24(20)13-18-6-3-11-32-18/h2-12,20,26H,13H2,1H3/b21-19+/t20-/m1/s1. The number of hydrogen-bond acceptors (Lipinski definition) is 7. The zero-order valence-corrected chi connectivity index (χ0v) is 16.9. The highest BCUT2D eigenvalue weighted by Gasteiger charge is 2.46. The Morgan fingerprint density at radius 1 is 1.16 bits per heavy atom. The summed E-state index contributed by atoms with van der Waals surface area (Å²) in [7, 11) is 1.51. The van der Waals surface area contributed by atoms with Crippen LogP contribution in [-0.4, -0.2) is 33.7 Å². The molecule has 0 saturated carbocycles. The van der Waals surface area contributed by atoms with Crippen LogP contribution in [0.15, 0.2) is 76.9 Å². The third-order valence-electron chi connectivity index (χ3n) is 5.21. The Morgan fingerprint density at radius 2 is 1.91 bits per heavy atom. The van der Waals surface area contributed by atoms with Crippen LogP contribution < -0.4 is 4.74 Å². The van der Waals surface area contributed by atoms with Gasteiger partial charge in [0, 0.05) is 17.7 Å². The van der Waals surface area contributed by atoms with Crippen molar-refractivity contribution in [3.05, 3.63) is 99.5 Å². The van der Waals surface area contributed by atoms with Crippen molar-refractivity contribution in [1.29, 1.82) is 0 Å². The van der Waals surface area contributed by atoms with Crippen LogP contribution in [0.4, 0.5) is 5.69 Å². The molecule has 1 aliphatic heterocycles. The number of ether oxygens (including phenoxy) is 1. The number of aliphatic hydroxyl groups excluding tert-OH is 1. The lowest BCUT2D eigenvalue weighted by molar-refractivity contribution is -0.384. The smallest absolute Gasteiger partial charge is 0.296 e. The lowest BCUT2D eigenvalue weighted by Crippen LogP contribution is -2.29. The quantitative estimate of drug-likeness (QED) is 0.206. The molecule has 9 nitrogen and oxygen atoms in total. The van der Waals surface area contributed by atoms with Crippen LogP contribution in [0.1, 0.15) is 22.9 Å². The number of aliphatic hydroxyl groups is 1. The zero-order valence-electron chi connectivity index (χ0n) is 16.9. The van der Waals surface area contributed by atoms with E-state index in [2.05, 4.69) is 0 Å². The van der Waals surface area contributed by atoms with Gasteiger partial charge in [0.2, 0.25) is 0 Å². The van der Waals surface area contributed by atoms with Crippen molar-refractivity contribution < 1.29 is 28.8 Å². The Hall–Kier alpha value is -4.40. The Morgan fingerprint density at radius 3 is 2.53 bits per heavy atom. The van der Waals surface area contributed by atoms with E-state index in [0.29, 0.717) is 17.1 Å². The molecule has 162 valence electrons. The fourth-order valence-corrected chi connectivity index (χ4v) is 3.67. The monoisotopic (exact) mass is 434 g/mol. The van der Waals surface area contributed by atoms with Gasteiger partial charge in [-0.3, -0.25) is 19.7 Å². The van der Waals surface area contributed by atoms with Crippen molar-refractivity contribution in [2.24, 2.45) is 0 Å². The van der Waals surface area contributed by atoms with Gasteiger partial charge < -0.3 is 19.2 Å². The minimum atomic E-state index is -0.926. The van der Waals surface area contributed by atoms with Crippen LogP contribution in [0, 0.1) is 10.1 Å². The van der Waals surface area contributed by atoms with Gasteiger partial charge in [0.25, 0.3) is 17.4 Å². The van der Waals surface area contributed by atoms with Crippen molar-refractivity contribution in [2.45, 2.75) is 12.6 Å². The summed E-state index contributed by atoms with van der Waals surface area (Å²) in [6.07, 6.45) is 1.46. The largest absolute Gasteiger partial charge is 0.507 e. The SMILES string of the molecule is COc1ccc([C@@H]2/C(=C(\O)c3cccc([N+](=O)[O-])c3)C(=O)C(=O)N2Cc2ccco2)cc1. The summed E-state index contributed by atoms with van der Waals surface area (Å²) in [5, 5.41) is 22.1. The highest BCUT2D eigenvalue weighted by molar-refractivity contribution is 6.46. The van der Waals surface area contributed by atoms with Crippen molar-refractivity contribution >= 4 is 23.1 Å². The van der Waals surface area contributed by atoms with E-state index in [9.17, 15) is 24.8 Å². The number of likely N-dealkylation sites (tertiary alicyclic amines) is 1. The van der Waals surface area contributed by atoms with Crippen LogP contribution in [0.3, 0.4) is 0 Å². The molecule has 0 aliphatic carbocycles. The highest BCUT2D eigenvalue weighted by atomic mass is 16.6. The van der Waals surface area contributed by atoms with E-state index in [1.54, 1.807) is 36.4 Å². The number of benzene rings is 2. The molecular weight excluding hydrogens is 416 g/mol. The van der Waals surface area contributed by atoms with E-state index in [4.69, 9.17) is 9.15 Å². The van der Waals surface area contributed by atoms with E-state index >= 15 is 0 Å². The number of carbonyl (C=O) groups excluding carboxylic acids is 2. The molecule has 9 heteroatoms. The molecule has 2 aromatic carbocycles. The molecule has 2 heterocycles. The van der Waals surface area contributed by atoms with Crippen LogP contribution in [0.25, 0.3) is 5.76 Å². The number of carbonyl (C=O) groups is 2. The first-order valence-electron chi connectivity index (χ1n) is 9.60. The minimum Gasteiger partial charge on any atom is -0.507 e. The molecule has 1 amide bonds. The molecular formula is C23H18N2O7. The first-order valence-corrected chi connectivity index (χ1v) is 9.60. The molecule has 1 N–H and O–H groups in total. The first-order chi connectivity index (χ1) is 15.4. The van der Waals surface area contributed by atoms with Gasteiger partial charge in [-0.25, -0.2) is 0 Å². The Balaban J connectivity index is 1.87. The Bertz CT molecular complexity index is 1210. The summed E-state index contributed by atoms with van der Waals surface area (Å²) in [5.74, 6) is -1.15. The number of methoxy groups -OCH3 is 1. The van der Waals surface area contributed by atoms with E-state index in [1.165, 1.54) is 36.5 Å². The van der Waals surface area contributed by atoms with Gasteiger partial charge in [-0.2, -0.15) is 0 Å². The molecule has 1 saturated heterocycles. The fourth-order valence-electron chi connectivity index (χ4n) is 3.67. The molecule has 0 spiro atoms. The number of hydrogen-bond donors (Lipinski definition) is 1. The van der Waals surface area contributed by atoms with E-state index < -0.39 is 28.4 Å². The van der Waals surface area contributed by atoms with E-state index in [1.807, 2.05) is 0 Å². The van der Waals surface area contributed by atoms with E-state index in [0.717, 1.165) is 6.07 Å². The summed E-state index contributed by atoms with van der Waals surface area (Å²) in [6.45, 7) is -0.0000132. The second-order valence-corrected chi connectivity index (χ2v) is 7.09. The number of ketones is 1. The van der Waals surface area contributed by atoms with Gasteiger partial charge in [-0.1, -0.05) is 24.3 Å². The lowest BCUT2D eigenvalue weighted by atomic mass is 9.95. The number of nitro groups is 1. The van der Waals surface area contributed by atoms with Gasteiger partial charge >= 0.3 is 0 Å². The number of rotatable bonds is 6. The maximum Gasteiger partial charge on any atom is 0.296 e. The summed E-state index contributed by atoms with van der Waals surface area (Å²) >= 11 is 0. The van der Waals surface area contributed by atoms with Gasteiger partial charge in [-0.05, 0) is 29.8 Å². The maximum atomic E-state index is 13.0. The third kappa shape index (κ3) is 3.71. The maximum absolute atomic E-state index is 13.0. The molecule has 1 aromatic heterocycles. The molecule has 1 fully saturated rings. The summed E-state index contributed by atoms with van der Waals surface area (Å²) in [6, 6.07) is 14.4. The Kier molecular flexibility index (Phi) is 5.46. The average Bonchev–Trinajstić information content (AvgIpc) is 3.41. The predicted molar refractivity (Wildman–Crippen MR) is 113 cm³/mol. The predicted octanol–water partition coefficient (Wildman–Crippen LogP) is 3.82. The summed E-state index contributed by atoms with van der Waals surface area (Å²) in [5.41, 5.74) is 0.212. The number of nitro benzene ring substituents is 1. The number of furan rings is 1. The number of Topliss-reactive ketones (excluding diaryl/α,β-unsaturated/α-hetero) is 1. The zero-order chi connectivity index (χ0) is 22.8.